The van der Waals surface area contributed by atoms with Crippen LogP contribution in [0.15, 0.2) is 12.1 Å². The van der Waals surface area contributed by atoms with Crippen molar-refractivity contribution in [3.8, 4) is 0 Å². The Kier molecular flexibility index (Phi) is 3.25. The van der Waals surface area contributed by atoms with Crippen molar-refractivity contribution in [3.63, 3.8) is 0 Å². The van der Waals surface area contributed by atoms with Gasteiger partial charge in [0, 0.05) is 7.11 Å². The van der Waals surface area contributed by atoms with E-state index in [0.717, 1.165) is 6.07 Å². The van der Waals surface area contributed by atoms with Crippen LogP contribution in [0.1, 0.15) is 24.4 Å². The zero-order chi connectivity index (χ0) is 13.5. The maximum Gasteiger partial charge on any atom is 0.417 e. The van der Waals surface area contributed by atoms with Crippen LogP contribution in [0.2, 0.25) is 5.02 Å². The van der Waals surface area contributed by atoms with Crippen LogP contribution < -0.4 is 0 Å². The van der Waals surface area contributed by atoms with Crippen LogP contribution in [0.5, 0.6) is 0 Å². The summed E-state index contributed by atoms with van der Waals surface area (Å²) >= 11 is 5.61. The number of rotatable bonds is 2. The third-order valence-corrected chi connectivity index (χ3v) is 2.95. The highest BCUT2D eigenvalue weighted by atomic mass is 35.5. The first-order valence-corrected chi connectivity index (χ1v) is 5.50. The smallest absolute Gasteiger partial charge is 0.374 e. The second-order valence-electron chi connectivity index (χ2n) is 3.85. The van der Waals surface area contributed by atoms with Crippen LogP contribution >= 0.6 is 11.6 Å². The van der Waals surface area contributed by atoms with Crippen molar-refractivity contribution in [3.05, 3.63) is 28.5 Å². The number of nitrogens with zero attached hydrogens (tertiary/aromatic N) is 1. The topological polar surface area (TPSA) is 37.9 Å². The number of nitrogens with one attached hydrogen (secondary N) is 1. The van der Waals surface area contributed by atoms with E-state index in [0.29, 0.717) is 11.3 Å². The summed E-state index contributed by atoms with van der Waals surface area (Å²) in [4.78, 5) is 6.93. The van der Waals surface area contributed by atoms with E-state index in [4.69, 9.17) is 16.3 Å². The number of benzene rings is 1. The van der Waals surface area contributed by atoms with Gasteiger partial charge in [0.05, 0.1) is 21.6 Å². The highest BCUT2D eigenvalue weighted by molar-refractivity contribution is 6.32. The Hall–Kier alpha value is -1.27. The monoisotopic (exact) mass is 278 g/mol. The van der Waals surface area contributed by atoms with Crippen molar-refractivity contribution in [2.45, 2.75) is 19.2 Å². The maximum absolute atomic E-state index is 12.7. The molecule has 0 aliphatic carbocycles. The molecule has 0 saturated heterocycles. The molecule has 18 heavy (non-hydrogen) atoms. The molecule has 1 unspecified atom stereocenters. The number of ether oxygens (including phenoxy) is 1. The summed E-state index contributed by atoms with van der Waals surface area (Å²) in [6.07, 6.45) is -4.81. The molecule has 2 rings (SSSR count). The van der Waals surface area contributed by atoms with Gasteiger partial charge in [-0.25, -0.2) is 4.98 Å². The molecule has 1 aromatic carbocycles. The highest BCUT2D eigenvalue weighted by Gasteiger charge is 2.33. The molecule has 0 aliphatic rings. The largest absolute Gasteiger partial charge is 0.417 e. The van der Waals surface area contributed by atoms with Crippen LogP contribution in [0.4, 0.5) is 13.2 Å². The number of fused-ring (bicyclic) bond motifs is 1. The van der Waals surface area contributed by atoms with Crippen molar-refractivity contribution in [1.82, 2.24) is 9.97 Å². The third kappa shape index (κ3) is 2.30. The van der Waals surface area contributed by atoms with Gasteiger partial charge in [0.25, 0.3) is 0 Å². The molecule has 98 valence electrons. The number of H-pyrrole nitrogens is 1. The first kappa shape index (κ1) is 13.2. The molecule has 7 heteroatoms. The summed E-state index contributed by atoms with van der Waals surface area (Å²) in [6, 6.07) is 2.15. The van der Waals surface area contributed by atoms with Crippen molar-refractivity contribution >= 4 is 22.6 Å². The molecule has 0 radical (unpaired) electrons. The highest BCUT2D eigenvalue weighted by Crippen LogP contribution is 2.36. The maximum atomic E-state index is 12.7. The molecule has 0 fully saturated rings. The second-order valence-corrected chi connectivity index (χ2v) is 4.25. The van der Waals surface area contributed by atoms with Crippen molar-refractivity contribution in [2.75, 3.05) is 7.11 Å². The number of hydrogen-bond donors (Lipinski definition) is 1. The molecule has 3 nitrogen and oxygen atoms in total. The van der Waals surface area contributed by atoms with Gasteiger partial charge in [-0.15, -0.1) is 0 Å². The lowest BCUT2D eigenvalue weighted by Gasteiger charge is -2.08. The molecular formula is C11H10ClF3N2O. The molecule has 1 N–H and O–H groups in total. The minimum Gasteiger partial charge on any atom is -0.374 e. The van der Waals surface area contributed by atoms with E-state index in [1.807, 2.05) is 0 Å². The van der Waals surface area contributed by atoms with E-state index in [-0.39, 0.29) is 16.6 Å². The number of aromatic nitrogens is 2. The summed E-state index contributed by atoms with van der Waals surface area (Å²) in [5.41, 5.74) is -0.213. The lowest BCUT2D eigenvalue weighted by Crippen LogP contribution is -2.05. The van der Waals surface area contributed by atoms with Gasteiger partial charge in [0.15, 0.2) is 0 Å². The van der Waals surface area contributed by atoms with Crippen molar-refractivity contribution < 1.29 is 17.9 Å². The number of halogens is 4. The average Bonchev–Trinajstić information content (AvgIpc) is 2.68. The van der Waals surface area contributed by atoms with Gasteiger partial charge >= 0.3 is 6.18 Å². The lowest BCUT2D eigenvalue weighted by atomic mass is 10.2. The summed E-state index contributed by atoms with van der Waals surface area (Å²) in [5, 5.41) is -0.363. The number of alkyl halides is 3. The van der Waals surface area contributed by atoms with E-state index in [1.165, 1.54) is 13.2 Å². The molecule has 1 heterocycles. The molecule has 0 aliphatic heterocycles. The van der Waals surface area contributed by atoms with Crippen LogP contribution in [0, 0.1) is 0 Å². The predicted molar refractivity (Wildman–Crippen MR) is 61.5 cm³/mol. The van der Waals surface area contributed by atoms with E-state index in [2.05, 4.69) is 9.97 Å². The lowest BCUT2D eigenvalue weighted by molar-refractivity contribution is -0.137. The minimum absolute atomic E-state index is 0.283. The Labute approximate surface area is 106 Å². The fourth-order valence-electron chi connectivity index (χ4n) is 1.57. The summed E-state index contributed by atoms with van der Waals surface area (Å²) in [7, 11) is 1.49. The van der Waals surface area contributed by atoms with Crippen LogP contribution in [0.25, 0.3) is 11.0 Å². The molecule has 0 bridgehead atoms. The molecular weight excluding hydrogens is 269 g/mol. The molecule has 0 saturated carbocycles. The van der Waals surface area contributed by atoms with Crippen LogP contribution in [0.3, 0.4) is 0 Å². The molecule has 0 spiro atoms. The second kappa shape index (κ2) is 4.44. The fourth-order valence-corrected chi connectivity index (χ4v) is 1.84. The minimum atomic E-state index is -4.48. The van der Waals surface area contributed by atoms with E-state index >= 15 is 0 Å². The van der Waals surface area contributed by atoms with E-state index < -0.39 is 11.7 Å². The van der Waals surface area contributed by atoms with Gasteiger partial charge in [-0.3, -0.25) is 0 Å². The van der Waals surface area contributed by atoms with Gasteiger partial charge < -0.3 is 9.72 Å². The van der Waals surface area contributed by atoms with Crippen molar-refractivity contribution in [2.24, 2.45) is 0 Å². The third-order valence-electron chi connectivity index (χ3n) is 2.63. The molecule has 2 aromatic rings. The van der Waals surface area contributed by atoms with Crippen LogP contribution in [-0.4, -0.2) is 17.1 Å². The van der Waals surface area contributed by atoms with E-state index in [1.54, 1.807) is 6.92 Å². The average molecular weight is 279 g/mol. The Morgan fingerprint density at radius 1 is 1.39 bits per heavy atom. The Morgan fingerprint density at radius 3 is 2.61 bits per heavy atom. The van der Waals surface area contributed by atoms with Crippen LogP contribution in [-0.2, 0) is 10.9 Å². The zero-order valence-corrected chi connectivity index (χ0v) is 10.4. The summed E-state index contributed by atoms with van der Waals surface area (Å²) in [5.74, 6) is 0.461. The first-order chi connectivity index (χ1) is 8.32. The van der Waals surface area contributed by atoms with Gasteiger partial charge in [0.2, 0.25) is 0 Å². The Balaban J connectivity index is 2.58. The molecule has 1 atom stereocenters. The fraction of sp³-hybridized carbons (Fsp3) is 0.364. The number of hydrogen-bond acceptors (Lipinski definition) is 2. The number of methoxy groups -OCH3 is 1. The molecule has 0 amide bonds. The van der Waals surface area contributed by atoms with Gasteiger partial charge in [-0.1, -0.05) is 11.6 Å². The quantitative estimate of drug-likeness (QED) is 0.903. The van der Waals surface area contributed by atoms with Crippen molar-refractivity contribution in [1.29, 1.82) is 0 Å². The van der Waals surface area contributed by atoms with Gasteiger partial charge in [-0.05, 0) is 19.1 Å². The SMILES string of the molecule is COC(C)c1nc2cc(Cl)c(C(F)(F)F)cc2[nH]1. The summed E-state index contributed by atoms with van der Waals surface area (Å²) < 4.78 is 43.0. The normalized spacial score (nSPS) is 14.1. The van der Waals surface area contributed by atoms with E-state index in [9.17, 15) is 13.2 Å². The first-order valence-electron chi connectivity index (χ1n) is 5.12. The Bertz CT molecular complexity index is 579. The number of aromatic amines is 1. The van der Waals surface area contributed by atoms with Gasteiger partial charge in [-0.2, -0.15) is 13.2 Å². The standard InChI is InChI=1S/C11H10ClF3N2O/c1-5(18-2)10-16-8-3-6(11(13,14)15)7(12)4-9(8)17-10/h3-5H,1-2H3,(H,16,17). The zero-order valence-electron chi connectivity index (χ0n) is 9.60. The Morgan fingerprint density at radius 2 is 2.06 bits per heavy atom. The predicted octanol–water partition coefficient (Wildman–Crippen LogP) is 3.94. The number of imidazole rings is 1. The molecule has 1 aromatic heterocycles. The van der Waals surface area contributed by atoms with Gasteiger partial charge in [0.1, 0.15) is 11.9 Å². The summed E-state index contributed by atoms with van der Waals surface area (Å²) in [6.45, 7) is 1.74.